The maximum atomic E-state index is 9.68. The monoisotopic (exact) mass is 104 g/mol. The van der Waals surface area contributed by atoms with Crippen molar-refractivity contribution in [2.45, 2.75) is 6.42 Å². The molecule has 0 aromatic carbocycles. The summed E-state index contributed by atoms with van der Waals surface area (Å²) in [5, 5.41) is 7.00. The van der Waals surface area contributed by atoms with E-state index in [1.807, 2.05) is 0 Å². The molecule has 1 aliphatic heterocycles. The average molecular weight is 104 g/mol. The molecule has 0 aliphatic carbocycles. The van der Waals surface area contributed by atoms with Crippen LogP contribution in [0.25, 0.3) is 0 Å². The van der Waals surface area contributed by atoms with Crippen molar-refractivity contribution in [3.8, 4) is 0 Å². The number of carbonyl (C=O) groups excluding carboxylic acids is 1. The van der Waals surface area contributed by atoms with E-state index in [1.54, 1.807) is 0 Å². The van der Waals surface area contributed by atoms with Crippen molar-refractivity contribution in [2.75, 3.05) is 13.7 Å². The van der Waals surface area contributed by atoms with Gasteiger partial charge in [0.25, 0.3) is 0 Å². The van der Waals surface area contributed by atoms with Crippen molar-refractivity contribution in [3.05, 3.63) is 0 Å². The third kappa shape index (κ3) is 2.17. The Bertz CT molecular complexity index is 54.0. The fraction of sp³-hybridized carbons (Fsp3) is 0.750. The van der Waals surface area contributed by atoms with Crippen LogP contribution < -0.4 is 0 Å². The molecular formula is C4H8O3. The van der Waals surface area contributed by atoms with E-state index in [9.17, 15) is 4.79 Å². The van der Waals surface area contributed by atoms with E-state index in [4.69, 9.17) is 5.11 Å². The smallest absolute Gasteiger partial charge is 0.309 e. The molecule has 0 atom stereocenters. The SMILES string of the molecule is CO.O=C1CCO1. The molecule has 1 heterocycles. The summed E-state index contributed by atoms with van der Waals surface area (Å²) >= 11 is 0. The molecule has 0 aromatic rings. The van der Waals surface area contributed by atoms with Crippen LogP contribution in [0.1, 0.15) is 6.42 Å². The van der Waals surface area contributed by atoms with Gasteiger partial charge in [0.15, 0.2) is 0 Å². The van der Waals surface area contributed by atoms with E-state index < -0.39 is 0 Å². The van der Waals surface area contributed by atoms with Crippen LogP contribution in [0.4, 0.5) is 0 Å². The Morgan fingerprint density at radius 1 is 1.71 bits per heavy atom. The summed E-state index contributed by atoms with van der Waals surface area (Å²) in [7, 11) is 1.00. The van der Waals surface area contributed by atoms with Gasteiger partial charge < -0.3 is 9.84 Å². The van der Waals surface area contributed by atoms with Gasteiger partial charge in [0.05, 0.1) is 6.42 Å². The molecule has 1 N–H and O–H groups in total. The van der Waals surface area contributed by atoms with Crippen LogP contribution in [0.2, 0.25) is 0 Å². The molecule has 42 valence electrons. The second kappa shape index (κ2) is 3.61. The van der Waals surface area contributed by atoms with Gasteiger partial charge in [0, 0.05) is 7.11 Å². The van der Waals surface area contributed by atoms with E-state index in [0.717, 1.165) is 7.11 Å². The number of rotatable bonds is 0. The number of esters is 1. The van der Waals surface area contributed by atoms with Crippen molar-refractivity contribution < 1.29 is 14.6 Å². The van der Waals surface area contributed by atoms with E-state index >= 15 is 0 Å². The Morgan fingerprint density at radius 3 is 2.00 bits per heavy atom. The maximum absolute atomic E-state index is 9.68. The highest BCUT2D eigenvalue weighted by Gasteiger charge is 2.10. The molecule has 3 heteroatoms. The molecule has 0 amide bonds. The van der Waals surface area contributed by atoms with Gasteiger partial charge in [-0.05, 0) is 0 Å². The van der Waals surface area contributed by atoms with Gasteiger partial charge in [-0.15, -0.1) is 0 Å². The van der Waals surface area contributed by atoms with E-state index in [-0.39, 0.29) is 5.97 Å². The molecule has 7 heavy (non-hydrogen) atoms. The number of hydrogen-bond acceptors (Lipinski definition) is 3. The van der Waals surface area contributed by atoms with Gasteiger partial charge in [-0.3, -0.25) is 4.79 Å². The maximum Gasteiger partial charge on any atom is 0.309 e. The Morgan fingerprint density at radius 2 is 2.00 bits per heavy atom. The second-order valence-electron chi connectivity index (χ2n) is 0.970. The topological polar surface area (TPSA) is 46.5 Å². The summed E-state index contributed by atoms with van der Waals surface area (Å²) in [6, 6.07) is 0. The Hall–Kier alpha value is -0.570. The van der Waals surface area contributed by atoms with E-state index in [2.05, 4.69) is 4.74 Å². The minimum absolute atomic E-state index is 0.0648. The Labute approximate surface area is 41.9 Å². The van der Waals surface area contributed by atoms with Crippen molar-refractivity contribution in [1.29, 1.82) is 0 Å². The molecule has 0 unspecified atom stereocenters. The standard InChI is InChI=1S/C3H4O2.CH4O/c4-3-1-2-5-3;1-2/h1-2H2;2H,1H3. The normalized spacial score (nSPS) is 15.4. The van der Waals surface area contributed by atoms with Gasteiger partial charge in [0.1, 0.15) is 6.61 Å². The molecule has 3 nitrogen and oxygen atoms in total. The van der Waals surface area contributed by atoms with Crippen LogP contribution in [0.5, 0.6) is 0 Å². The molecule has 1 aliphatic rings. The quantitative estimate of drug-likeness (QED) is 0.423. The van der Waals surface area contributed by atoms with Crippen LogP contribution in [-0.2, 0) is 9.53 Å². The van der Waals surface area contributed by atoms with Gasteiger partial charge in [-0.2, -0.15) is 0 Å². The van der Waals surface area contributed by atoms with Crippen LogP contribution in [0.15, 0.2) is 0 Å². The zero-order valence-corrected chi connectivity index (χ0v) is 4.18. The van der Waals surface area contributed by atoms with Gasteiger partial charge in [-0.25, -0.2) is 0 Å². The first-order valence-corrected chi connectivity index (χ1v) is 2.00. The minimum Gasteiger partial charge on any atom is -0.465 e. The van der Waals surface area contributed by atoms with E-state index in [0.29, 0.717) is 13.0 Å². The lowest BCUT2D eigenvalue weighted by molar-refractivity contribution is -0.157. The number of aliphatic hydroxyl groups is 1. The zero-order valence-electron chi connectivity index (χ0n) is 4.18. The summed E-state index contributed by atoms with van der Waals surface area (Å²) in [6.07, 6.45) is 0.625. The summed E-state index contributed by atoms with van der Waals surface area (Å²) in [6.45, 7) is 0.638. The number of hydrogen-bond donors (Lipinski definition) is 1. The first-order chi connectivity index (χ1) is 3.39. The fourth-order valence-electron chi connectivity index (χ4n) is 0.185. The molecule has 0 saturated carbocycles. The first kappa shape index (κ1) is 6.43. The average Bonchev–Trinajstić information content (AvgIpc) is 1.68. The molecule has 1 fully saturated rings. The predicted octanol–water partition coefficient (Wildman–Crippen LogP) is -0.458. The molecule has 0 bridgehead atoms. The fourth-order valence-corrected chi connectivity index (χ4v) is 0.185. The van der Waals surface area contributed by atoms with Gasteiger partial charge in [-0.1, -0.05) is 0 Å². The summed E-state index contributed by atoms with van der Waals surface area (Å²) in [4.78, 5) is 9.68. The highest BCUT2D eigenvalue weighted by molar-refractivity contribution is 5.73. The van der Waals surface area contributed by atoms with Crippen molar-refractivity contribution >= 4 is 5.97 Å². The van der Waals surface area contributed by atoms with Gasteiger partial charge >= 0.3 is 5.97 Å². The van der Waals surface area contributed by atoms with Crippen LogP contribution in [0, 0.1) is 0 Å². The van der Waals surface area contributed by atoms with Crippen molar-refractivity contribution in [2.24, 2.45) is 0 Å². The third-order valence-electron chi connectivity index (χ3n) is 0.569. The van der Waals surface area contributed by atoms with Crippen molar-refractivity contribution in [3.63, 3.8) is 0 Å². The highest BCUT2D eigenvalue weighted by atomic mass is 16.6. The summed E-state index contributed by atoms with van der Waals surface area (Å²) in [5.41, 5.74) is 0. The molecule has 0 spiro atoms. The predicted molar refractivity (Wildman–Crippen MR) is 23.7 cm³/mol. The lowest BCUT2D eigenvalue weighted by atomic mass is 10.4. The highest BCUT2D eigenvalue weighted by Crippen LogP contribution is 1.97. The first-order valence-electron chi connectivity index (χ1n) is 2.00. The zero-order chi connectivity index (χ0) is 5.70. The van der Waals surface area contributed by atoms with E-state index in [1.165, 1.54) is 0 Å². The minimum atomic E-state index is -0.0648. The lowest BCUT2D eigenvalue weighted by Gasteiger charge is -2.09. The Kier molecular flexibility index (Phi) is 3.32. The molecule has 0 radical (unpaired) electrons. The molecule has 0 aromatic heterocycles. The summed E-state index contributed by atoms with van der Waals surface area (Å²) in [5.74, 6) is -0.0648. The van der Waals surface area contributed by atoms with Crippen LogP contribution in [-0.4, -0.2) is 24.8 Å². The molecular weight excluding hydrogens is 96.0 g/mol. The second-order valence-corrected chi connectivity index (χ2v) is 0.970. The Balaban J connectivity index is 0.000000162. The third-order valence-corrected chi connectivity index (χ3v) is 0.569. The summed E-state index contributed by atoms with van der Waals surface area (Å²) < 4.78 is 4.29. The molecule has 1 rings (SSSR count). The largest absolute Gasteiger partial charge is 0.465 e. The van der Waals surface area contributed by atoms with Crippen LogP contribution in [0.3, 0.4) is 0 Å². The van der Waals surface area contributed by atoms with Gasteiger partial charge in [0.2, 0.25) is 0 Å². The lowest BCUT2D eigenvalue weighted by Crippen LogP contribution is -2.18. The number of ether oxygens (including phenoxy) is 1. The van der Waals surface area contributed by atoms with Crippen LogP contribution >= 0.6 is 0 Å². The molecule has 1 saturated heterocycles. The number of cyclic esters (lactones) is 1. The number of aliphatic hydroxyl groups excluding tert-OH is 1. The van der Waals surface area contributed by atoms with Crippen molar-refractivity contribution in [1.82, 2.24) is 0 Å². The number of carbonyl (C=O) groups is 1.